The van der Waals surface area contributed by atoms with E-state index in [9.17, 15) is 4.79 Å². The number of fused-ring (bicyclic) bond motifs is 1. The molecular formula is C19H15N3O2S. The van der Waals surface area contributed by atoms with Gasteiger partial charge in [-0.05, 0) is 36.6 Å². The van der Waals surface area contributed by atoms with Crippen molar-refractivity contribution in [1.82, 2.24) is 14.7 Å². The minimum absolute atomic E-state index is 0.421. The van der Waals surface area contributed by atoms with Crippen LogP contribution in [0.25, 0.3) is 22.3 Å². The van der Waals surface area contributed by atoms with Crippen molar-refractivity contribution in [2.45, 2.75) is 11.4 Å². The van der Waals surface area contributed by atoms with Gasteiger partial charge in [0, 0.05) is 33.1 Å². The smallest absolute Gasteiger partial charge is 0.246 e. The average molecular weight is 349 g/mol. The monoisotopic (exact) mass is 349 g/mol. The van der Waals surface area contributed by atoms with Gasteiger partial charge in [0.1, 0.15) is 6.54 Å². The summed E-state index contributed by atoms with van der Waals surface area (Å²) in [6.45, 7) is 0.421. The molecular weight excluding hydrogens is 334 g/mol. The number of aldehydes is 1. The van der Waals surface area contributed by atoms with Crippen LogP contribution in [0.2, 0.25) is 0 Å². The van der Waals surface area contributed by atoms with Crippen molar-refractivity contribution in [3.63, 3.8) is 0 Å². The topological polar surface area (TPSA) is 60.9 Å². The van der Waals surface area contributed by atoms with E-state index in [0.29, 0.717) is 23.8 Å². The van der Waals surface area contributed by atoms with Crippen molar-refractivity contribution in [2.24, 2.45) is 0 Å². The van der Waals surface area contributed by atoms with E-state index in [2.05, 4.69) is 10.1 Å². The molecule has 0 saturated carbocycles. The summed E-state index contributed by atoms with van der Waals surface area (Å²) < 4.78 is 7.35. The predicted molar refractivity (Wildman–Crippen MR) is 97.9 cm³/mol. The summed E-state index contributed by atoms with van der Waals surface area (Å²) in [5, 5.41) is 4.99. The molecule has 0 amide bonds. The lowest BCUT2D eigenvalue weighted by molar-refractivity contribution is 0.112. The molecule has 0 fully saturated rings. The van der Waals surface area contributed by atoms with Crippen LogP contribution in [0, 0.1) is 0 Å². The summed E-state index contributed by atoms with van der Waals surface area (Å²) >= 11 is 1.69. The molecule has 25 heavy (non-hydrogen) atoms. The van der Waals surface area contributed by atoms with Crippen molar-refractivity contribution < 1.29 is 9.32 Å². The van der Waals surface area contributed by atoms with Gasteiger partial charge in [0.2, 0.25) is 11.7 Å². The molecule has 0 N–H and O–H groups in total. The van der Waals surface area contributed by atoms with Gasteiger partial charge in [-0.25, -0.2) is 0 Å². The zero-order valence-corrected chi connectivity index (χ0v) is 14.4. The van der Waals surface area contributed by atoms with Crippen LogP contribution in [-0.4, -0.2) is 27.2 Å². The number of carbonyl (C=O) groups excluding carboxylic acids is 1. The Balaban J connectivity index is 1.64. The van der Waals surface area contributed by atoms with E-state index in [0.717, 1.165) is 22.8 Å². The van der Waals surface area contributed by atoms with Crippen molar-refractivity contribution in [1.29, 1.82) is 0 Å². The van der Waals surface area contributed by atoms with Gasteiger partial charge in [-0.3, -0.25) is 4.79 Å². The third-order valence-electron chi connectivity index (χ3n) is 4.07. The highest BCUT2D eigenvalue weighted by Gasteiger charge is 2.12. The standard InChI is InChI=1S/C19H15N3O2S/c1-25-15-8-6-13(7-9-15)19-20-18(24-21-19)11-22-10-14(12-23)16-4-2-3-5-17(16)22/h2-10,12H,11H2,1H3. The van der Waals surface area contributed by atoms with Crippen LogP contribution >= 0.6 is 11.8 Å². The molecule has 0 atom stereocenters. The minimum Gasteiger partial charge on any atom is -0.337 e. The van der Waals surface area contributed by atoms with E-state index in [1.807, 2.05) is 65.6 Å². The normalized spacial score (nSPS) is 11.1. The van der Waals surface area contributed by atoms with Gasteiger partial charge < -0.3 is 9.09 Å². The summed E-state index contributed by atoms with van der Waals surface area (Å²) in [6, 6.07) is 15.8. The quantitative estimate of drug-likeness (QED) is 0.398. The summed E-state index contributed by atoms with van der Waals surface area (Å²) in [7, 11) is 0. The van der Waals surface area contributed by atoms with Crippen LogP contribution in [0.1, 0.15) is 16.2 Å². The Kier molecular flexibility index (Phi) is 4.11. The number of nitrogens with zero attached hydrogens (tertiary/aromatic N) is 3. The highest BCUT2D eigenvalue weighted by Crippen LogP contribution is 2.23. The van der Waals surface area contributed by atoms with Gasteiger partial charge in [0.15, 0.2) is 6.29 Å². The van der Waals surface area contributed by atoms with E-state index in [1.54, 1.807) is 11.8 Å². The summed E-state index contributed by atoms with van der Waals surface area (Å²) in [5.41, 5.74) is 2.54. The lowest BCUT2D eigenvalue weighted by Crippen LogP contribution is -1.98. The number of rotatable bonds is 5. The first-order chi connectivity index (χ1) is 12.3. The van der Waals surface area contributed by atoms with Gasteiger partial charge in [-0.1, -0.05) is 23.4 Å². The first-order valence-corrected chi connectivity index (χ1v) is 9.01. The molecule has 0 unspecified atom stereocenters. The maximum absolute atomic E-state index is 11.3. The van der Waals surface area contributed by atoms with Crippen LogP contribution in [0.15, 0.2) is 64.1 Å². The molecule has 4 aromatic rings. The van der Waals surface area contributed by atoms with Crippen LogP contribution in [0.4, 0.5) is 0 Å². The van der Waals surface area contributed by atoms with Gasteiger partial charge in [-0.2, -0.15) is 4.98 Å². The second-order valence-electron chi connectivity index (χ2n) is 5.59. The zero-order chi connectivity index (χ0) is 17.2. The SMILES string of the molecule is CSc1ccc(-c2noc(Cn3cc(C=O)c4ccccc43)n2)cc1. The van der Waals surface area contributed by atoms with E-state index in [4.69, 9.17) is 4.52 Å². The Morgan fingerprint density at radius 1 is 1.16 bits per heavy atom. The maximum Gasteiger partial charge on any atom is 0.246 e. The van der Waals surface area contributed by atoms with Gasteiger partial charge in [0.25, 0.3) is 0 Å². The average Bonchev–Trinajstić information content (AvgIpc) is 3.27. The van der Waals surface area contributed by atoms with Crippen LogP contribution in [0.5, 0.6) is 0 Å². The molecule has 0 aliphatic carbocycles. The molecule has 0 radical (unpaired) electrons. The van der Waals surface area contributed by atoms with E-state index >= 15 is 0 Å². The number of hydrogen-bond donors (Lipinski definition) is 0. The molecule has 124 valence electrons. The molecule has 0 aliphatic rings. The van der Waals surface area contributed by atoms with Crippen molar-refractivity contribution in [3.8, 4) is 11.4 Å². The Morgan fingerprint density at radius 3 is 2.72 bits per heavy atom. The number of hydrogen-bond acceptors (Lipinski definition) is 5. The van der Waals surface area contributed by atoms with Gasteiger partial charge in [-0.15, -0.1) is 11.8 Å². The minimum atomic E-state index is 0.421. The number of carbonyl (C=O) groups is 1. The fourth-order valence-electron chi connectivity index (χ4n) is 2.82. The van der Waals surface area contributed by atoms with Crippen molar-refractivity contribution in [3.05, 3.63) is 66.2 Å². The summed E-state index contributed by atoms with van der Waals surface area (Å²) in [5.74, 6) is 1.07. The Labute approximate surface area is 148 Å². The van der Waals surface area contributed by atoms with E-state index < -0.39 is 0 Å². The molecule has 0 bridgehead atoms. The maximum atomic E-state index is 11.3. The Hall–Kier alpha value is -2.86. The number of para-hydroxylation sites is 1. The number of benzene rings is 2. The van der Waals surface area contributed by atoms with Gasteiger partial charge >= 0.3 is 0 Å². The molecule has 2 aromatic carbocycles. The highest BCUT2D eigenvalue weighted by atomic mass is 32.2. The molecule has 6 heteroatoms. The van der Waals surface area contributed by atoms with Crippen molar-refractivity contribution in [2.75, 3.05) is 6.26 Å². The second-order valence-corrected chi connectivity index (χ2v) is 6.47. The summed E-state index contributed by atoms with van der Waals surface area (Å²) in [4.78, 5) is 16.9. The van der Waals surface area contributed by atoms with Crippen molar-refractivity contribution >= 4 is 29.0 Å². The fraction of sp³-hybridized carbons (Fsp3) is 0.105. The second kappa shape index (κ2) is 6.57. The molecule has 0 aliphatic heterocycles. The van der Waals surface area contributed by atoms with Crippen LogP contribution in [-0.2, 0) is 6.54 Å². The lowest BCUT2D eigenvalue weighted by atomic mass is 10.2. The van der Waals surface area contributed by atoms with E-state index in [1.165, 1.54) is 4.90 Å². The molecule has 0 saturated heterocycles. The first-order valence-electron chi connectivity index (χ1n) is 7.78. The van der Waals surface area contributed by atoms with Crippen LogP contribution in [0.3, 0.4) is 0 Å². The molecule has 0 spiro atoms. The third-order valence-corrected chi connectivity index (χ3v) is 4.81. The zero-order valence-electron chi connectivity index (χ0n) is 13.5. The van der Waals surface area contributed by atoms with E-state index in [-0.39, 0.29) is 0 Å². The van der Waals surface area contributed by atoms with Crippen LogP contribution < -0.4 is 0 Å². The molecule has 4 rings (SSSR count). The highest BCUT2D eigenvalue weighted by molar-refractivity contribution is 7.98. The van der Waals surface area contributed by atoms with Gasteiger partial charge in [0.05, 0.1) is 0 Å². The molecule has 2 heterocycles. The number of aromatic nitrogens is 3. The summed E-state index contributed by atoms with van der Waals surface area (Å²) in [6.07, 6.45) is 4.72. The first kappa shape index (κ1) is 15.7. The predicted octanol–water partition coefficient (Wildman–Crippen LogP) is 4.27. The fourth-order valence-corrected chi connectivity index (χ4v) is 3.23. The Bertz CT molecular complexity index is 1030. The molecule has 5 nitrogen and oxygen atoms in total. The third kappa shape index (κ3) is 2.96. The lowest BCUT2D eigenvalue weighted by Gasteiger charge is -2.00. The Morgan fingerprint density at radius 2 is 1.96 bits per heavy atom. The molecule has 2 aromatic heterocycles. The number of thioether (sulfide) groups is 1. The largest absolute Gasteiger partial charge is 0.337 e.